The Morgan fingerprint density at radius 1 is 1.23 bits per heavy atom. The zero-order chi connectivity index (χ0) is 18.4. The van der Waals surface area contributed by atoms with E-state index >= 15 is 0 Å². The van der Waals surface area contributed by atoms with Crippen LogP contribution in [-0.4, -0.2) is 25.8 Å². The first-order valence-corrected chi connectivity index (χ1v) is 8.26. The van der Waals surface area contributed by atoms with E-state index in [9.17, 15) is 4.79 Å². The number of benzene rings is 2. The van der Waals surface area contributed by atoms with E-state index in [1.54, 1.807) is 31.4 Å². The molecule has 0 saturated carbocycles. The van der Waals surface area contributed by atoms with E-state index in [1.165, 1.54) is 0 Å². The van der Waals surface area contributed by atoms with Crippen molar-refractivity contribution in [1.82, 2.24) is 16.2 Å². The molecule has 134 valence electrons. The predicted octanol–water partition coefficient (Wildman–Crippen LogP) is 1.63. The first-order chi connectivity index (χ1) is 12.7. The molecule has 0 spiro atoms. The Balaban J connectivity index is 1.49. The van der Waals surface area contributed by atoms with Crippen LogP contribution in [0.1, 0.15) is 23.6 Å². The van der Waals surface area contributed by atoms with Gasteiger partial charge >= 0.3 is 0 Å². The van der Waals surface area contributed by atoms with Gasteiger partial charge in [-0.2, -0.15) is 5.26 Å². The van der Waals surface area contributed by atoms with Gasteiger partial charge < -0.3 is 14.8 Å². The van der Waals surface area contributed by atoms with Gasteiger partial charge in [0.25, 0.3) is 5.91 Å². The second-order valence-corrected chi connectivity index (χ2v) is 5.86. The summed E-state index contributed by atoms with van der Waals surface area (Å²) in [6.45, 7) is -0.0938. The smallest absolute Gasteiger partial charge is 0.259 e. The quantitative estimate of drug-likeness (QED) is 0.731. The highest BCUT2D eigenvalue weighted by atomic mass is 16.5. The zero-order valence-corrected chi connectivity index (χ0v) is 14.4. The van der Waals surface area contributed by atoms with E-state index in [0.29, 0.717) is 17.7 Å². The lowest BCUT2D eigenvalue weighted by Crippen LogP contribution is -2.45. The lowest BCUT2D eigenvalue weighted by atomic mass is 10.0. The zero-order valence-electron chi connectivity index (χ0n) is 14.4. The van der Waals surface area contributed by atoms with Gasteiger partial charge in [0.05, 0.1) is 31.0 Å². The van der Waals surface area contributed by atoms with E-state index in [0.717, 1.165) is 11.3 Å². The highest BCUT2D eigenvalue weighted by Crippen LogP contribution is 2.29. The Labute approximate surface area is 151 Å². The third-order valence-electron chi connectivity index (χ3n) is 4.11. The van der Waals surface area contributed by atoms with Crippen LogP contribution in [0.2, 0.25) is 0 Å². The average Bonchev–Trinajstić information content (AvgIpc) is 3.15. The van der Waals surface area contributed by atoms with Gasteiger partial charge in [0.2, 0.25) is 0 Å². The summed E-state index contributed by atoms with van der Waals surface area (Å²) >= 11 is 0. The largest absolute Gasteiger partial charge is 0.496 e. The number of hydrazine groups is 1. The van der Waals surface area contributed by atoms with Gasteiger partial charge in [0, 0.05) is 12.0 Å². The molecule has 0 aromatic heterocycles. The van der Waals surface area contributed by atoms with Crippen molar-refractivity contribution in [3.05, 3.63) is 59.7 Å². The van der Waals surface area contributed by atoms with Crippen molar-refractivity contribution in [2.75, 3.05) is 13.7 Å². The van der Waals surface area contributed by atoms with Crippen LogP contribution >= 0.6 is 0 Å². The van der Waals surface area contributed by atoms with Crippen molar-refractivity contribution < 1.29 is 14.3 Å². The predicted molar refractivity (Wildman–Crippen MR) is 95.2 cm³/mol. The van der Waals surface area contributed by atoms with Crippen molar-refractivity contribution in [3.63, 3.8) is 0 Å². The number of ether oxygens (including phenoxy) is 2. The fourth-order valence-electron chi connectivity index (χ4n) is 2.82. The van der Waals surface area contributed by atoms with E-state index < -0.39 is 0 Å². The molecule has 2 unspecified atom stereocenters. The second-order valence-electron chi connectivity index (χ2n) is 5.86. The van der Waals surface area contributed by atoms with Gasteiger partial charge in [-0.05, 0) is 30.3 Å². The minimum Gasteiger partial charge on any atom is -0.496 e. The SMILES string of the molecule is COc1ccccc1C1CC(NC(=O)COc2ccc(C#N)cc2)NN1. The number of amides is 1. The number of hydrogen-bond acceptors (Lipinski definition) is 6. The first-order valence-electron chi connectivity index (χ1n) is 8.26. The molecule has 2 aromatic carbocycles. The summed E-state index contributed by atoms with van der Waals surface area (Å²) in [7, 11) is 1.64. The number of para-hydroxylation sites is 1. The van der Waals surface area contributed by atoms with Gasteiger partial charge in [-0.3, -0.25) is 4.79 Å². The molecular weight excluding hydrogens is 332 g/mol. The molecule has 26 heavy (non-hydrogen) atoms. The molecule has 0 bridgehead atoms. The molecule has 7 heteroatoms. The number of rotatable bonds is 6. The van der Waals surface area contributed by atoms with Crippen LogP contribution in [-0.2, 0) is 4.79 Å². The Hall–Kier alpha value is -3.08. The lowest BCUT2D eigenvalue weighted by molar-refractivity contribution is -0.123. The summed E-state index contributed by atoms with van der Waals surface area (Å²) < 4.78 is 10.8. The van der Waals surface area contributed by atoms with Crippen LogP contribution in [0.25, 0.3) is 0 Å². The van der Waals surface area contributed by atoms with Gasteiger partial charge in [0.1, 0.15) is 11.5 Å². The Bertz CT molecular complexity index is 801. The van der Waals surface area contributed by atoms with Crippen LogP contribution in [0, 0.1) is 11.3 Å². The molecule has 3 rings (SSSR count). The fourth-order valence-corrected chi connectivity index (χ4v) is 2.82. The molecule has 1 amide bonds. The van der Waals surface area contributed by atoms with Crippen LogP contribution in [0.3, 0.4) is 0 Å². The Morgan fingerprint density at radius 2 is 2.00 bits per heavy atom. The minimum atomic E-state index is -0.227. The summed E-state index contributed by atoms with van der Waals surface area (Å²) in [4.78, 5) is 12.1. The molecule has 2 atom stereocenters. The summed E-state index contributed by atoms with van der Waals surface area (Å²) in [6, 6.07) is 16.5. The van der Waals surface area contributed by atoms with Gasteiger partial charge in [-0.15, -0.1) is 0 Å². The molecule has 2 aromatic rings. The Morgan fingerprint density at radius 3 is 2.73 bits per heavy atom. The number of carbonyl (C=O) groups excluding carboxylic acids is 1. The maximum Gasteiger partial charge on any atom is 0.259 e. The van der Waals surface area contributed by atoms with E-state index in [2.05, 4.69) is 16.2 Å². The number of hydrogen-bond donors (Lipinski definition) is 3. The molecule has 1 fully saturated rings. The first kappa shape index (κ1) is 17.7. The molecule has 1 saturated heterocycles. The number of nitrogens with one attached hydrogen (secondary N) is 3. The van der Waals surface area contributed by atoms with E-state index in [1.807, 2.05) is 30.3 Å². The lowest BCUT2D eigenvalue weighted by Gasteiger charge is -2.14. The second kappa shape index (κ2) is 8.34. The number of nitriles is 1. The van der Waals surface area contributed by atoms with Crippen LogP contribution in [0.4, 0.5) is 0 Å². The topological polar surface area (TPSA) is 95.4 Å². The van der Waals surface area contributed by atoms with Crippen molar-refractivity contribution in [3.8, 4) is 17.6 Å². The van der Waals surface area contributed by atoms with Gasteiger partial charge in [-0.25, -0.2) is 10.9 Å². The molecule has 1 aliphatic heterocycles. The highest BCUT2D eigenvalue weighted by molar-refractivity contribution is 5.77. The van der Waals surface area contributed by atoms with Crippen LogP contribution < -0.4 is 25.6 Å². The molecule has 7 nitrogen and oxygen atoms in total. The molecule has 0 aliphatic carbocycles. The monoisotopic (exact) mass is 352 g/mol. The normalized spacial score (nSPS) is 18.8. The van der Waals surface area contributed by atoms with Crippen LogP contribution in [0.15, 0.2) is 48.5 Å². The summed E-state index contributed by atoms with van der Waals surface area (Å²) in [5, 5.41) is 11.6. The molecule has 1 aliphatic rings. The maximum absolute atomic E-state index is 12.1. The number of carbonyl (C=O) groups is 1. The van der Waals surface area contributed by atoms with Crippen molar-refractivity contribution >= 4 is 5.91 Å². The number of nitrogens with zero attached hydrogens (tertiary/aromatic N) is 1. The summed E-state index contributed by atoms with van der Waals surface area (Å²) in [6.07, 6.45) is 0.477. The summed E-state index contributed by atoms with van der Waals surface area (Å²) in [5.74, 6) is 1.13. The minimum absolute atomic E-state index is 0.0379. The maximum atomic E-state index is 12.1. The highest BCUT2D eigenvalue weighted by Gasteiger charge is 2.27. The number of methoxy groups -OCH3 is 1. The van der Waals surface area contributed by atoms with Crippen molar-refractivity contribution in [2.45, 2.75) is 18.6 Å². The van der Waals surface area contributed by atoms with Crippen molar-refractivity contribution in [1.29, 1.82) is 5.26 Å². The fraction of sp³-hybridized carbons (Fsp3) is 0.263. The average molecular weight is 352 g/mol. The van der Waals surface area contributed by atoms with E-state index in [-0.39, 0.29) is 24.7 Å². The van der Waals surface area contributed by atoms with Crippen LogP contribution in [0.5, 0.6) is 11.5 Å². The molecular formula is C19H20N4O3. The standard InChI is InChI=1S/C19H20N4O3/c1-25-17-5-3-2-4-15(17)16-10-18(23-22-16)21-19(24)12-26-14-8-6-13(11-20)7-9-14/h2-9,16,18,22-23H,10,12H2,1H3,(H,21,24). The van der Waals surface area contributed by atoms with E-state index in [4.69, 9.17) is 14.7 Å². The third kappa shape index (κ3) is 4.30. The van der Waals surface area contributed by atoms with Gasteiger partial charge in [0.15, 0.2) is 6.61 Å². The Kier molecular flexibility index (Phi) is 5.69. The molecule has 3 N–H and O–H groups in total. The molecule has 0 radical (unpaired) electrons. The third-order valence-corrected chi connectivity index (χ3v) is 4.11. The molecule has 1 heterocycles. The van der Waals surface area contributed by atoms with Crippen molar-refractivity contribution in [2.24, 2.45) is 0 Å². The summed E-state index contributed by atoms with van der Waals surface area (Å²) in [5.41, 5.74) is 7.83. The van der Waals surface area contributed by atoms with Gasteiger partial charge in [-0.1, -0.05) is 18.2 Å².